The van der Waals surface area contributed by atoms with Gasteiger partial charge in [-0.3, -0.25) is 9.78 Å². The van der Waals surface area contributed by atoms with Gasteiger partial charge < -0.3 is 0 Å². The number of hydrogen-bond donors (Lipinski definition) is 0. The normalized spacial score (nSPS) is 10.7. The molecule has 0 radical (unpaired) electrons. The van der Waals surface area contributed by atoms with Crippen molar-refractivity contribution in [2.45, 2.75) is 6.92 Å². The number of aromatic nitrogens is 1. The molecule has 0 atom stereocenters. The molecule has 1 heterocycles. The number of fused-ring (bicyclic) bond motifs is 1. The fourth-order valence-electron chi connectivity index (χ4n) is 2.19. The minimum absolute atomic E-state index is 0.215. The summed E-state index contributed by atoms with van der Waals surface area (Å²) in [6.45, 7) is 1.67. The van der Waals surface area contributed by atoms with E-state index in [2.05, 4.69) is 4.98 Å². The van der Waals surface area contributed by atoms with Crippen molar-refractivity contribution in [2.75, 3.05) is 0 Å². The molecule has 98 valence electrons. The van der Waals surface area contributed by atoms with Crippen LogP contribution in [-0.2, 0) is 0 Å². The van der Waals surface area contributed by atoms with Crippen molar-refractivity contribution in [3.63, 3.8) is 0 Å². The average Bonchev–Trinajstić information content (AvgIpc) is 2.49. The van der Waals surface area contributed by atoms with Crippen LogP contribution in [0.3, 0.4) is 0 Å². The molecule has 3 heteroatoms. The summed E-state index contributed by atoms with van der Waals surface area (Å²) in [5.74, 6) is -0.586. The Bertz CT molecular complexity index is 806. The maximum atomic E-state index is 13.6. The van der Waals surface area contributed by atoms with Crippen molar-refractivity contribution in [1.82, 2.24) is 4.98 Å². The van der Waals surface area contributed by atoms with E-state index in [-0.39, 0.29) is 11.6 Å². The van der Waals surface area contributed by atoms with Crippen molar-refractivity contribution < 1.29 is 9.18 Å². The van der Waals surface area contributed by atoms with E-state index in [9.17, 15) is 9.18 Å². The Hall–Kier alpha value is -2.55. The van der Waals surface area contributed by atoms with Gasteiger partial charge in [-0.25, -0.2) is 4.39 Å². The number of nitrogens with zero attached hydrogens (tertiary/aromatic N) is 1. The van der Waals surface area contributed by atoms with Crippen LogP contribution in [0.2, 0.25) is 0 Å². The van der Waals surface area contributed by atoms with Gasteiger partial charge in [0.1, 0.15) is 5.82 Å². The summed E-state index contributed by atoms with van der Waals surface area (Å²) in [5.41, 5.74) is 1.36. The van der Waals surface area contributed by atoms with Crippen LogP contribution in [-0.4, -0.2) is 10.8 Å². The lowest BCUT2D eigenvalue weighted by Gasteiger charge is -2.06. The molecule has 2 aromatic carbocycles. The summed E-state index contributed by atoms with van der Waals surface area (Å²) in [6.07, 6.45) is 3.24. The van der Waals surface area contributed by atoms with Crippen LogP contribution in [0.25, 0.3) is 10.8 Å². The summed E-state index contributed by atoms with van der Waals surface area (Å²) in [4.78, 5) is 16.6. The molecule has 2 nitrogen and oxygen atoms in total. The van der Waals surface area contributed by atoms with E-state index in [0.29, 0.717) is 16.7 Å². The second-order valence-electron chi connectivity index (χ2n) is 4.70. The van der Waals surface area contributed by atoms with Crippen LogP contribution in [0.1, 0.15) is 21.5 Å². The van der Waals surface area contributed by atoms with Gasteiger partial charge in [-0.15, -0.1) is 0 Å². The lowest BCUT2D eigenvalue weighted by atomic mass is 9.99. The van der Waals surface area contributed by atoms with Crippen molar-refractivity contribution >= 4 is 16.6 Å². The van der Waals surface area contributed by atoms with Crippen LogP contribution in [0.5, 0.6) is 0 Å². The number of halogens is 1. The van der Waals surface area contributed by atoms with Gasteiger partial charge in [-0.05, 0) is 23.9 Å². The third-order valence-corrected chi connectivity index (χ3v) is 3.35. The molecule has 0 saturated carbocycles. The molecule has 0 aliphatic heterocycles. The van der Waals surface area contributed by atoms with Gasteiger partial charge in [0, 0.05) is 28.9 Å². The summed E-state index contributed by atoms with van der Waals surface area (Å²) < 4.78 is 13.6. The fraction of sp³-hybridized carbons (Fsp3) is 0.0588. The summed E-state index contributed by atoms with van der Waals surface area (Å²) in [5, 5.41) is 1.72. The van der Waals surface area contributed by atoms with Crippen LogP contribution in [0, 0.1) is 12.7 Å². The number of carbonyl (C=O) groups is 1. The molecule has 0 bridgehead atoms. The quantitative estimate of drug-likeness (QED) is 0.657. The highest BCUT2D eigenvalue weighted by molar-refractivity contribution is 6.16. The van der Waals surface area contributed by atoms with E-state index in [1.54, 1.807) is 25.3 Å². The smallest absolute Gasteiger partial charge is 0.195 e. The number of benzene rings is 2. The molecule has 0 aliphatic carbocycles. The van der Waals surface area contributed by atoms with Gasteiger partial charge in [0.15, 0.2) is 5.78 Å². The van der Waals surface area contributed by atoms with E-state index in [1.807, 2.05) is 24.3 Å². The van der Waals surface area contributed by atoms with E-state index in [4.69, 9.17) is 0 Å². The Labute approximate surface area is 115 Å². The lowest BCUT2D eigenvalue weighted by Crippen LogP contribution is -2.04. The zero-order valence-corrected chi connectivity index (χ0v) is 10.9. The first-order chi connectivity index (χ1) is 9.66. The fourth-order valence-corrected chi connectivity index (χ4v) is 2.19. The summed E-state index contributed by atoms with van der Waals surface area (Å²) in [7, 11) is 0. The van der Waals surface area contributed by atoms with Gasteiger partial charge in [-0.2, -0.15) is 0 Å². The third-order valence-electron chi connectivity index (χ3n) is 3.35. The topological polar surface area (TPSA) is 30.0 Å². The van der Waals surface area contributed by atoms with Crippen LogP contribution >= 0.6 is 0 Å². The standard InChI is InChI=1S/C17H12FNO/c1-11-6-7-12(8-16(11)18)17(20)15-10-19-9-13-4-2-3-5-14(13)15/h2-10H,1H3. The van der Waals surface area contributed by atoms with Gasteiger partial charge in [-0.1, -0.05) is 36.4 Å². The minimum atomic E-state index is -0.371. The Kier molecular flexibility index (Phi) is 3.03. The molecule has 0 spiro atoms. The molecule has 1 aromatic heterocycles. The van der Waals surface area contributed by atoms with E-state index < -0.39 is 0 Å². The molecule has 3 aromatic rings. The van der Waals surface area contributed by atoms with Crippen molar-refractivity contribution in [3.8, 4) is 0 Å². The summed E-state index contributed by atoms with van der Waals surface area (Å²) >= 11 is 0. The Morgan fingerprint density at radius 1 is 1.10 bits per heavy atom. The highest BCUT2D eigenvalue weighted by atomic mass is 19.1. The number of ketones is 1. The van der Waals surface area contributed by atoms with Crippen molar-refractivity contribution in [3.05, 3.63) is 77.4 Å². The zero-order chi connectivity index (χ0) is 14.1. The third kappa shape index (κ3) is 2.07. The van der Waals surface area contributed by atoms with Crippen LogP contribution in [0.4, 0.5) is 4.39 Å². The maximum absolute atomic E-state index is 13.6. The Balaban J connectivity index is 2.15. The lowest BCUT2D eigenvalue weighted by molar-refractivity contribution is 0.103. The second-order valence-corrected chi connectivity index (χ2v) is 4.70. The number of pyridine rings is 1. The SMILES string of the molecule is Cc1ccc(C(=O)c2cncc3ccccc23)cc1F. The zero-order valence-electron chi connectivity index (χ0n) is 10.9. The van der Waals surface area contributed by atoms with Crippen molar-refractivity contribution in [2.24, 2.45) is 0 Å². The molecular weight excluding hydrogens is 253 g/mol. The first-order valence-electron chi connectivity index (χ1n) is 6.30. The van der Waals surface area contributed by atoms with Gasteiger partial charge in [0.05, 0.1) is 0 Å². The first-order valence-corrected chi connectivity index (χ1v) is 6.30. The number of hydrogen-bond acceptors (Lipinski definition) is 2. The number of rotatable bonds is 2. The molecule has 20 heavy (non-hydrogen) atoms. The predicted octanol–water partition coefficient (Wildman–Crippen LogP) is 3.91. The molecule has 0 amide bonds. The van der Waals surface area contributed by atoms with Gasteiger partial charge in [0.25, 0.3) is 0 Å². The molecular formula is C17H12FNO. The van der Waals surface area contributed by atoms with E-state index in [1.165, 1.54) is 12.3 Å². The summed E-state index contributed by atoms with van der Waals surface area (Å²) in [6, 6.07) is 12.1. The Morgan fingerprint density at radius 3 is 2.70 bits per heavy atom. The predicted molar refractivity (Wildman–Crippen MR) is 76.3 cm³/mol. The largest absolute Gasteiger partial charge is 0.289 e. The number of aryl methyl sites for hydroxylation is 1. The van der Waals surface area contributed by atoms with Crippen molar-refractivity contribution in [1.29, 1.82) is 0 Å². The minimum Gasteiger partial charge on any atom is -0.289 e. The van der Waals surface area contributed by atoms with Gasteiger partial charge in [0.2, 0.25) is 0 Å². The Morgan fingerprint density at radius 2 is 1.90 bits per heavy atom. The molecule has 0 aliphatic rings. The van der Waals surface area contributed by atoms with E-state index >= 15 is 0 Å². The van der Waals surface area contributed by atoms with Gasteiger partial charge >= 0.3 is 0 Å². The molecule has 0 saturated heterocycles. The second kappa shape index (κ2) is 4.85. The maximum Gasteiger partial charge on any atom is 0.195 e. The van der Waals surface area contributed by atoms with Crippen LogP contribution in [0.15, 0.2) is 54.9 Å². The van der Waals surface area contributed by atoms with E-state index in [0.717, 1.165) is 10.8 Å². The average molecular weight is 265 g/mol. The number of carbonyl (C=O) groups excluding carboxylic acids is 1. The molecule has 3 rings (SSSR count). The molecule has 0 N–H and O–H groups in total. The molecule has 0 fully saturated rings. The first kappa shape index (κ1) is 12.5. The monoisotopic (exact) mass is 265 g/mol. The van der Waals surface area contributed by atoms with Crippen LogP contribution < -0.4 is 0 Å². The highest BCUT2D eigenvalue weighted by Crippen LogP contribution is 2.21. The molecule has 0 unspecified atom stereocenters. The highest BCUT2D eigenvalue weighted by Gasteiger charge is 2.14.